The Morgan fingerprint density at radius 3 is 2.62 bits per heavy atom. The third-order valence-electron chi connectivity index (χ3n) is 5.69. The largest absolute Gasteiger partial charge is 0.346 e. The highest BCUT2D eigenvalue weighted by Crippen LogP contribution is 2.31. The van der Waals surface area contributed by atoms with E-state index in [0.29, 0.717) is 12.1 Å². The molecule has 1 saturated heterocycles. The Bertz CT molecular complexity index is 1010. The quantitative estimate of drug-likeness (QED) is 0.674. The Balaban J connectivity index is 1.27. The van der Waals surface area contributed by atoms with Crippen molar-refractivity contribution in [3.05, 3.63) is 58.9 Å². The number of aryl methyl sites for hydroxylation is 2. The van der Waals surface area contributed by atoms with Crippen LogP contribution in [-0.2, 0) is 0 Å². The molecule has 152 valence electrons. The SMILES string of the molecule is Cc1ccc2sc(N3CC[NH+](CCNC(=O)c4ccc(F)cc4)CC3)nc2c1C. The third kappa shape index (κ3) is 4.41. The third-order valence-corrected chi connectivity index (χ3v) is 6.77. The summed E-state index contributed by atoms with van der Waals surface area (Å²) in [7, 11) is 0. The number of nitrogens with zero attached hydrogens (tertiary/aromatic N) is 2. The molecule has 2 N–H and O–H groups in total. The van der Waals surface area contributed by atoms with Crippen LogP contribution in [0, 0.1) is 19.7 Å². The van der Waals surface area contributed by atoms with E-state index < -0.39 is 0 Å². The van der Waals surface area contributed by atoms with Gasteiger partial charge in [-0.2, -0.15) is 0 Å². The average molecular weight is 414 g/mol. The molecule has 0 radical (unpaired) electrons. The van der Waals surface area contributed by atoms with Gasteiger partial charge >= 0.3 is 0 Å². The highest BCUT2D eigenvalue weighted by Gasteiger charge is 2.22. The van der Waals surface area contributed by atoms with Gasteiger partial charge in [-0.3, -0.25) is 4.79 Å². The van der Waals surface area contributed by atoms with Gasteiger partial charge in [0.1, 0.15) is 5.82 Å². The zero-order valence-corrected chi connectivity index (χ0v) is 17.6. The number of hydrogen-bond donors (Lipinski definition) is 2. The fraction of sp³-hybridized carbons (Fsp3) is 0.364. The number of carbonyl (C=O) groups excluding carboxylic acids is 1. The number of amides is 1. The van der Waals surface area contributed by atoms with Gasteiger partial charge in [-0.1, -0.05) is 17.4 Å². The number of piperazine rings is 1. The molecule has 0 atom stereocenters. The molecule has 29 heavy (non-hydrogen) atoms. The number of benzene rings is 2. The molecule has 0 unspecified atom stereocenters. The summed E-state index contributed by atoms with van der Waals surface area (Å²) in [6.45, 7) is 9.78. The Kier molecular flexibility index (Phi) is 5.78. The molecule has 1 amide bonds. The van der Waals surface area contributed by atoms with Gasteiger partial charge in [0.25, 0.3) is 5.91 Å². The van der Waals surface area contributed by atoms with Crippen LogP contribution in [0.5, 0.6) is 0 Å². The molecule has 2 heterocycles. The lowest BCUT2D eigenvalue weighted by Crippen LogP contribution is -3.15. The number of thiazole rings is 1. The molecular weight excluding hydrogens is 387 g/mol. The normalized spacial score (nSPS) is 15.1. The van der Waals surface area contributed by atoms with Crippen molar-refractivity contribution in [3.8, 4) is 0 Å². The molecule has 5 nitrogen and oxygen atoms in total. The van der Waals surface area contributed by atoms with Crippen molar-refractivity contribution in [1.29, 1.82) is 0 Å². The zero-order valence-electron chi connectivity index (χ0n) is 16.8. The summed E-state index contributed by atoms with van der Waals surface area (Å²) in [5, 5.41) is 4.04. The van der Waals surface area contributed by atoms with Gasteiger partial charge < -0.3 is 15.1 Å². The van der Waals surface area contributed by atoms with Crippen LogP contribution in [0.15, 0.2) is 36.4 Å². The Hall–Kier alpha value is -2.51. The number of nitrogens with one attached hydrogen (secondary N) is 2. The highest BCUT2D eigenvalue weighted by atomic mass is 32.1. The van der Waals surface area contributed by atoms with Crippen molar-refractivity contribution in [2.75, 3.05) is 44.2 Å². The summed E-state index contributed by atoms with van der Waals surface area (Å²) < 4.78 is 14.2. The lowest BCUT2D eigenvalue weighted by atomic mass is 10.1. The van der Waals surface area contributed by atoms with E-state index in [0.717, 1.165) is 43.4 Å². The van der Waals surface area contributed by atoms with Crippen molar-refractivity contribution >= 4 is 32.6 Å². The molecule has 0 bridgehead atoms. The molecular formula is C22H26FN4OS+. The average Bonchev–Trinajstić information content (AvgIpc) is 3.17. The van der Waals surface area contributed by atoms with Crippen LogP contribution in [0.3, 0.4) is 0 Å². The van der Waals surface area contributed by atoms with E-state index in [2.05, 4.69) is 36.2 Å². The predicted molar refractivity (Wildman–Crippen MR) is 116 cm³/mol. The number of quaternary nitrogens is 1. The van der Waals surface area contributed by atoms with Crippen LogP contribution in [0.2, 0.25) is 0 Å². The van der Waals surface area contributed by atoms with Crippen molar-refractivity contribution in [3.63, 3.8) is 0 Å². The maximum atomic E-state index is 13.0. The number of fused-ring (bicyclic) bond motifs is 1. The molecule has 1 fully saturated rings. The van der Waals surface area contributed by atoms with Crippen LogP contribution in [0.25, 0.3) is 10.2 Å². The molecule has 0 aliphatic carbocycles. The number of aromatic nitrogens is 1. The van der Waals surface area contributed by atoms with E-state index in [9.17, 15) is 9.18 Å². The summed E-state index contributed by atoms with van der Waals surface area (Å²) >= 11 is 1.77. The molecule has 0 spiro atoms. The first-order chi connectivity index (χ1) is 14.0. The Morgan fingerprint density at radius 1 is 1.17 bits per heavy atom. The first-order valence-corrected chi connectivity index (χ1v) is 10.8. The second kappa shape index (κ2) is 8.47. The second-order valence-corrected chi connectivity index (χ2v) is 8.61. The minimum absolute atomic E-state index is 0.150. The first kappa shape index (κ1) is 19.8. The maximum Gasteiger partial charge on any atom is 0.251 e. The van der Waals surface area contributed by atoms with Crippen molar-refractivity contribution in [2.24, 2.45) is 0 Å². The number of halogens is 1. The van der Waals surface area contributed by atoms with Crippen LogP contribution in [0.4, 0.5) is 9.52 Å². The summed E-state index contributed by atoms with van der Waals surface area (Å²) in [6, 6.07) is 9.98. The molecule has 0 saturated carbocycles. The van der Waals surface area contributed by atoms with Crippen LogP contribution in [-0.4, -0.2) is 50.2 Å². The number of carbonyl (C=O) groups is 1. The van der Waals surface area contributed by atoms with Gasteiger partial charge in [-0.25, -0.2) is 9.37 Å². The van der Waals surface area contributed by atoms with Crippen LogP contribution >= 0.6 is 11.3 Å². The Morgan fingerprint density at radius 2 is 1.90 bits per heavy atom. The van der Waals surface area contributed by atoms with E-state index in [4.69, 9.17) is 4.98 Å². The van der Waals surface area contributed by atoms with Gasteiger partial charge in [0.2, 0.25) is 0 Å². The molecule has 7 heteroatoms. The monoisotopic (exact) mass is 413 g/mol. The first-order valence-electron chi connectivity index (χ1n) is 10.0. The number of hydrogen-bond acceptors (Lipinski definition) is 4. The standard InChI is InChI=1S/C22H25FN4OS/c1-15-3-8-19-20(16(15)2)25-22(29-19)27-13-11-26(12-14-27)10-9-24-21(28)17-4-6-18(23)7-5-17/h3-8H,9-14H2,1-2H3,(H,24,28)/p+1. The minimum atomic E-state index is -0.331. The van der Waals surface area contributed by atoms with Crippen LogP contribution in [0.1, 0.15) is 21.5 Å². The number of rotatable bonds is 5. The van der Waals surface area contributed by atoms with E-state index >= 15 is 0 Å². The molecule has 4 rings (SSSR count). The van der Waals surface area contributed by atoms with Gasteiger partial charge in [0, 0.05) is 5.56 Å². The number of anilines is 1. The second-order valence-electron chi connectivity index (χ2n) is 7.60. The molecule has 1 aromatic heterocycles. The molecule has 1 aliphatic heterocycles. The Labute approximate surface area is 174 Å². The van der Waals surface area contributed by atoms with E-state index in [1.165, 1.54) is 45.0 Å². The van der Waals surface area contributed by atoms with Crippen molar-refractivity contribution < 1.29 is 14.1 Å². The molecule has 2 aromatic carbocycles. The van der Waals surface area contributed by atoms with E-state index in [1.807, 2.05) is 0 Å². The van der Waals surface area contributed by atoms with E-state index in [1.54, 1.807) is 11.3 Å². The van der Waals surface area contributed by atoms with Gasteiger partial charge in [0.15, 0.2) is 5.13 Å². The van der Waals surface area contributed by atoms with Crippen molar-refractivity contribution in [1.82, 2.24) is 10.3 Å². The summed E-state index contributed by atoms with van der Waals surface area (Å²) in [6.07, 6.45) is 0. The predicted octanol–water partition coefficient (Wildman–Crippen LogP) is 2.19. The van der Waals surface area contributed by atoms with E-state index in [-0.39, 0.29) is 11.7 Å². The topological polar surface area (TPSA) is 49.7 Å². The lowest BCUT2D eigenvalue weighted by Gasteiger charge is -2.32. The summed E-state index contributed by atoms with van der Waals surface area (Å²) in [5.74, 6) is -0.481. The van der Waals surface area contributed by atoms with Crippen LogP contribution < -0.4 is 15.1 Å². The highest BCUT2D eigenvalue weighted by molar-refractivity contribution is 7.22. The van der Waals surface area contributed by atoms with Gasteiger partial charge in [-0.05, 0) is 55.3 Å². The maximum absolute atomic E-state index is 13.0. The fourth-order valence-electron chi connectivity index (χ4n) is 3.67. The van der Waals surface area contributed by atoms with Gasteiger partial charge in [0.05, 0.1) is 49.5 Å². The summed E-state index contributed by atoms with van der Waals surface area (Å²) in [4.78, 5) is 20.9. The lowest BCUT2D eigenvalue weighted by molar-refractivity contribution is -0.899. The molecule has 3 aromatic rings. The fourth-order valence-corrected chi connectivity index (χ4v) is 4.75. The smallest absolute Gasteiger partial charge is 0.251 e. The minimum Gasteiger partial charge on any atom is -0.346 e. The molecule has 1 aliphatic rings. The zero-order chi connectivity index (χ0) is 20.4. The van der Waals surface area contributed by atoms with Gasteiger partial charge in [-0.15, -0.1) is 0 Å². The van der Waals surface area contributed by atoms with Crippen molar-refractivity contribution in [2.45, 2.75) is 13.8 Å². The summed E-state index contributed by atoms with van der Waals surface area (Å²) in [5.41, 5.74) is 4.17.